The number of aldehydes is 1. The molecular formula is C36H64O3. The van der Waals surface area contributed by atoms with Gasteiger partial charge in [0.2, 0.25) is 0 Å². The highest BCUT2D eigenvalue weighted by atomic mass is 16.4. The quantitative estimate of drug-likeness (QED) is 0.0605. The van der Waals surface area contributed by atoms with Gasteiger partial charge in [-0.2, -0.15) is 0 Å². The highest BCUT2D eigenvalue weighted by molar-refractivity contribution is 5.66. The van der Waals surface area contributed by atoms with Crippen LogP contribution in [-0.4, -0.2) is 17.4 Å². The fourth-order valence-corrected chi connectivity index (χ4v) is 4.13. The Morgan fingerprint density at radius 1 is 0.462 bits per heavy atom. The molecule has 0 aliphatic heterocycles. The van der Waals surface area contributed by atoms with Crippen LogP contribution < -0.4 is 0 Å². The number of unbranched alkanes of at least 4 members (excludes halogenated alkanes) is 17. The molecule has 0 spiro atoms. The monoisotopic (exact) mass is 544 g/mol. The summed E-state index contributed by atoms with van der Waals surface area (Å²) in [6.45, 7) is 4.48. The van der Waals surface area contributed by atoms with Crippen LogP contribution in [0.15, 0.2) is 48.6 Å². The first-order valence-electron chi connectivity index (χ1n) is 16.4. The molecule has 0 aliphatic carbocycles. The molecule has 0 rings (SSSR count). The molecular weight excluding hydrogens is 480 g/mol. The van der Waals surface area contributed by atoms with Crippen molar-refractivity contribution in [3.8, 4) is 0 Å². The summed E-state index contributed by atoms with van der Waals surface area (Å²) in [7, 11) is 0. The van der Waals surface area contributed by atoms with E-state index >= 15 is 0 Å². The number of carboxylic acids is 1. The molecule has 0 amide bonds. The van der Waals surface area contributed by atoms with E-state index in [9.17, 15) is 9.59 Å². The van der Waals surface area contributed by atoms with Crippen molar-refractivity contribution in [1.82, 2.24) is 0 Å². The molecule has 0 heterocycles. The Balaban J connectivity index is 0. The van der Waals surface area contributed by atoms with E-state index in [1.165, 1.54) is 103 Å². The Bertz CT molecular complexity index is 600. The van der Waals surface area contributed by atoms with Crippen LogP contribution in [0.1, 0.15) is 168 Å². The van der Waals surface area contributed by atoms with E-state index in [1.807, 2.05) is 0 Å². The van der Waals surface area contributed by atoms with E-state index in [4.69, 9.17) is 5.11 Å². The number of allylic oxidation sites excluding steroid dienone is 8. The highest BCUT2D eigenvalue weighted by Crippen LogP contribution is 2.09. The molecule has 0 fully saturated rings. The topological polar surface area (TPSA) is 54.4 Å². The summed E-state index contributed by atoms with van der Waals surface area (Å²) in [5, 5.41) is 8.50. The Morgan fingerprint density at radius 3 is 1.15 bits per heavy atom. The summed E-state index contributed by atoms with van der Waals surface area (Å²) in [6, 6.07) is 0. The summed E-state index contributed by atoms with van der Waals surface area (Å²) >= 11 is 0. The van der Waals surface area contributed by atoms with Crippen molar-refractivity contribution < 1.29 is 14.7 Å². The average Bonchev–Trinajstić information content (AvgIpc) is 2.93. The molecule has 3 heteroatoms. The molecule has 0 aromatic heterocycles. The Morgan fingerprint density at radius 2 is 0.795 bits per heavy atom. The van der Waals surface area contributed by atoms with Crippen molar-refractivity contribution in [3.63, 3.8) is 0 Å². The predicted octanol–water partition coefficient (Wildman–Crippen LogP) is 11.9. The Hall–Kier alpha value is -1.90. The van der Waals surface area contributed by atoms with Crippen LogP contribution in [0.5, 0.6) is 0 Å². The van der Waals surface area contributed by atoms with Crippen molar-refractivity contribution in [2.24, 2.45) is 0 Å². The Labute approximate surface area is 243 Å². The first-order chi connectivity index (χ1) is 19.2. The number of hydrogen-bond acceptors (Lipinski definition) is 2. The van der Waals surface area contributed by atoms with Crippen LogP contribution in [-0.2, 0) is 9.59 Å². The van der Waals surface area contributed by atoms with E-state index in [-0.39, 0.29) is 0 Å². The summed E-state index contributed by atoms with van der Waals surface area (Å²) in [5.74, 6) is -0.671. The maximum atomic E-state index is 10.3. The van der Waals surface area contributed by atoms with Gasteiger partial charge in [0.15, 0.2) is 0 Å². The van der Waals surface area contributed by atoms with E-state index in [0.29, 0.717) is 6.42 Å². The molecule has 0 aromatic rings. The minimum atomic E-state index is -0.671. The summed E-state index contributed by atoms with van der Waals surface area (Å²) in [5.41, 5.74) is 0. The van der Waals surface area contributed by atoms with Gasteiger partial charge in [-0.1, -0.05) is 127 Å². The van der Waals surface area contributed by atoms with Crippen LogP contribution in [0.3, 0.4) is 0 Å². The van der Waals surface area contributed by atoms with Gasteiger partial charge in [0.05, 0.1) is 0 Å². The van der Waals surface area contributed by atoms with E-state index in [0.717, 1.165) is 51.2 Å². The van der Waals surface area contributed by atoms with E-state index < -0.39 is 5.97 Å². The van der Waals surface area contributed by atoms with Gasteiger partial charge in [0.25, 0.3) is 0 Å². The predicted molar refractivity (Wildman–Crippen MR) is 172 cm³/mol. The number of carboxylic acid groups (broad SMARTS) is 1. The molecule has 226 valence electrons. The van der Waals surface area contributed by atoms with Crippen molar-refractivity contribution >= 4 is 12.3 Å². The lowest BCUT2D eigenvalue weighted by atomic mass is 10.1. The normalized spacial score (nSPS) is 11.6. The second-order valence-electron chi connectivity index (χ2n) is 10.6. The van der Waals surface area contributed by atoms with Crippen LogP contribution in [0.25, 0.3) is 0 Å². The van der Waals surface area contributed by atoms with Crippen molar-refractivity contribution in [2.45, 2.75) is 168 Å². The minimum absolute atomic E-state index is 0.324. The molecule has 0 aromatic carbocycles. The third-order valence-corrected chi connectivity index (χ3v) is 6.61. The SMILES string of the molecule is CCCCC/C=C\C/C=C\CCCCCCCC(=O)O.CCCCC/C=C\C/C=C\CCCCCCCC=O. The maximum Gasteiger partial charge on any atom is 0.303 e. The van der Waals surface area contributed by atoms with Gasteiger partial charge >= 0.3 is 5.97 Å². The average molecular weight is 545 g/mol. The van der Waals surface area contributed by atoms with E-state index in [1.54, 1.807) is 0 Å². The molecule has 39 heavy (non-hydrogen) atoms. The molecule has 3 nitrogen and oxygen atoms in total. The lowest BCUT2D eigenvalue weighted by molar-refractivity contribution is -0.137. The van der Waals surface area contributed by atoms with Crippen molar-refractivity contribution in [3.05, 3.63) is 48.6 Å². The molecule has 0 saturated heterocycles. The minimum Gasteiger partial charge on any atom is -0.481 e. The number of hydrogen-bond donors (Lipinski definition) is 1. The third kappa shape index (κ3) is 43.4. The third-order valence-electron chi connectivity index (χ3n) is 6.61. The van der Waals surface area contributed by atoms with Gasteiger partial charge in [0.1, 0.15) is 6.29 Å². The van der Waals surface area contributed by atoms with E-state index in [2.05, 4.69) is 62.5 Å². The molecule has 0 unspecified atom stereocenters. The second-order valence-corrected chi connectivity index (χ2v) is 10.6. The first-order valence-corrected chi connectivity index (χ1v) is 16.4. The number of rotatable bonds is 28. The van der Waals surface area contributed by atoms with Gasteiger partial charge in [-0.15, -0.1) is 0 Å². The standard InChI is InChI=1S/C18H32O2.C18H32O/c1-2-3-4-5-6-7-8-9-10-11-12-13-14-15-16-17-18(19)20;1-2-3-4-5-6-7-8-9-10-11-12-13-14-15-16-17-18-19/h6-7,9-10H,2-5,8,11-17H2,1H3,(H,19,20);6-7,9-10,18H,2-5,8,11-17H2,1H3/b2*7-6-,10-9-. The molecule has 0 bridgehead atoms. The lowest BCUT2D eigenvalue weighted by Gasteiger charge is -1.98. The second kappa shape index (κ2) is 38.2. The van der Waals surface area contributed by atoms with Crippen molar-refractivity contribution in [1.29, 1.82) is 0 Å². The molecule has 0 aliphatic rings. The number of carbonyl (C=O) groups is 2. The number of aliphatic carboxylic acids is 1. The molecule has 0 saturated carbocycles. The first kappa shape index (κ1) is 39.2. The Kier molecular flexibility index (Phi) is 38.5. The zero-order valence-electron chi connectivity index (χ0n) is 25.9. The van der Waals surface area contributed by atoms with Crippen LogP contribution in [0.2, 0.25) is 0 Å². The molecule has 1 N–H and O–H groups in total. The van der Waals surface area contributed by atoms with Gasteiger partial charge in [-0.05, 0) is 77.0 Å². The summed E-state index contributed by atoms with van der Waals surface area (Å²) in [4.78, 5) is 20.4. The highest BCUT2D eigenvalue weighted by Gasteiger charge is 1.95. The summed E-state index contributed by atoms with van der Waals surface area (Å²) in [6.07, 6.45) is 46.9. The van der Waals surface area contributed by atoms with Gasteiger partial charge in [-0.3, -0.25) is 4.79 Å². The summed E-state index contributed by atoms with van der Waals surface area (Å²) < 4.78 is 0. The zero-order valence-corrected chi connectivity index (χ0v) is 25.9. The maximum absolute atomic E-state index is 10.3. The van der Waals surface area contributed by atoms with Gasteiger partial charge in [-0.25, -0.2) is 0 Å². The van der Waals surface area contributed by atoms with Crippen LogP contribution in [0, 0.1) is 0 Å². The van der Waals surface area contributed by atoms with Crippen LogP contribution in [0.4, 0.5) is 0 Å². The zero-order chi connectivity index (χ0) is 28.9. The van der Waals surface area contributed by atoms with Gasteiger partial charge < -0.3 is 9.90 Å². The molecule has 0 radical (unpaired) electrons. The smallest absolute Gasteiger partial charge is 0.303 e. The van der Waals surface area contributed by atoms with Crippen LogP contribution >= 0.6 is 0 Å². The molecule has 0 atom stereocenters. The lowest BCUT2D eigenvalue weighted by Crippen LogP contribution is -1.93. The largest absolute Gasteiger partial charge is 0.481 e. The van der Waals surface area contributed by atoms with Gasteiger partial charge in [0, 0.05) is 12.8 Å². The number of carbonyl (C=O) groups excluding carboxylic acids is 1. The fourth-order valence-electron chi connectivity index (χ4n) is 4.13. The van der Waals surface area contributed by atoms with Crippen molar-refractivity contribution in [2.75, 3.05) is 0 Å². The fraction of sp³-hybridized carbons (Fsp3) is 0.722.